The van der Waals surface area contributed by atoms with Crippen LogP contribution in [-0.4, -0.2) is 68.7 Å². The second-order valence-electron chi connectivity index (χ2n) is 17.0. The van der Waals surface area contributed by atoms with Crippen LogP contribution in [0.5, 0.6) is 0 Å². The molecule has 7 aliphatic carbocycles. The molecule has 2 bridgehead atoms. The summed E-state index contributed by atoms with van der Waals surface area (Å²) in [5, 5.41) is 35.1. The maximum Gasteiger partial charge on any atom is 0.338 e. The second kappa shape index (κ2) is 8.38. The minimum Gasteiger partial charge on any atom is -0.481 e. The number of aliphatic hydroxyl groups is 2. The number of ether oxygens (including phenoxy) is 3. The first-order chi connectivity index (χ1) is 20.4. The van der Waals surface area contributed by atoms with Gasteiger partial charge in [-0.25, -0.2) is 4.79 Å². The van der Waals surface area contributed by atoms with E-state index in [0.29, 0.717) is 25.2 Å². The standard InChI is InChI=1S/C34H46O10/c1-13(35)42-23-10-20-24(17-8-18(17)34(41)11-15-7-16(15)27(32(20,34)5)43-14(2)36)19-9-21-26(31(19,23)4)25(28(37)38)22-12-30(21,3)33(6,40)29(39)44-22/h15-27,40-41H,7-12H2,1-6H3,(H,37,38)/t15-,16-,17+,18-,19-,20-,21?,22+,23-,24-,25?,26?,27-,30?,31+,32-,33?,34-/m0/s1. The van der Waals surface area contributed by atoms with Crippen LogP contribution in [0.4, 0.5) is 0 Å². The van der Waals surface area contributed by atoms with Crippen LogP contribution < -0.4 is 0 Å². The molecule has 10 heteroatoms. The lowest BCUT2D eigenvalue weighted by Gasteiger charge is -2.66. The summed E-state index contributed by atoms with van der Waals surface area (Å²) in [5.74, 6) is -3.79. The number of fused-ring (bicyclic) bond motifs is 14. The third-order valence-corrected chi connectivity index (χ3v) is 15.6. The number of rotatable bonds is 3. The van der Waals surface area contributed by atoms with E-state index in [9.17, 15) is 34.5 Å². The fraction of sp³-hybridized carbons (Fsp3) is 0.882. The van der Waals surface area contributed by atoms with Crippen molar-refractivity contribution in [3.8, 4) is 0 Å². The van der Waals surface area contributed by atoms with Crippen LogP contribution in [0, 0.1) is 75.4 Å². The van der Waals surface area contributed by atoms with Gasteiger partial charge < -0.3 is 29.5 Å². The molecule has 0 spiro atoms. The summed E-state index contributed by atoms with van der Waals surface area (Å²) in [7, 11) is 0. The van der Waals surface area contributed by atoms with Crippen LogP contribution in [0.3, 0.4) is 0 Å². The maximum atomic E-state index is 13.2. The van der Waals surface area contributed by atoms with Crippen LogP contribution in [0.15, 0.2) is 0 Å². The molecule has 0 aromatic rings. The smallest absolute Gasteiger partial charge is 0.338 e. The molecule has 7 saturated carbocycles. The van der Waals surface area contributed by atoms with Crippen molar-refractivity contribution in [1.82, 2.24) is 0 Å². The first kappa shape index (κ1) is 29.2. The van der Waals surface area contributed by atoms with E-state index in [2.05, 4.69) is 13.8 Å². The molecule has 242 valence electrons. The molecule has 8 rings (SSSR count). The average molecular weight is 615 g/mol. The molecule has 3 N–H and O–H groups in total. The summed E-state index contributed by atoms with van der Waals surface area (Å²) in [6.07, 6.45) is 1.74. The van der Waals surface area contributed by atoms with Crippen molar-refractivity contribution in [2.75, 3.05) is 0 Å². The van der Waals surface area contributed by atoms with Gasteiger partial charge >= 0.3 is 23.9 Å². The normalized spacial score (nSPS) is 60.5. The van der Waals surface area contributed by atoms with Crippen molar-refractivity contribution in [2.45, 2.75) is 110 Å². The number of hydrogen-bond donors (Lipinski definition) is 3. The van der Waals surface area contributed by atoms with Gasteiger partial charge in [0.2, 0.25) is 0 Å². The zero-order chi connectivity index (χ0) is 31.7. The second-order valence-corrected chi connectivity index (χ2v) is 17.0. The zero-order valence-electron chi connectivity index (χ0n) is 26.4. The predicted molar refractivity (Wildman–Crippen MR) is 151 cm³/mol. The summed E-state index contributed by atoms with van der Waals surface area (Å²) >= 11 is 0. The van der Waals surface area contributed by atoms with Crippen LogP contribution in [-0.2, 0) is 33.4 Å². The summed E-state index contributed by atoms with van der Waals surface area (Å²) in [6.45, 7) is 10.4. The van der Waals surface area contributed by atoms with Crippen LogP contribution in [0.2, 0.25) is 0 Å². The van der Waals surface area contributed by atoms with Crippen molar-refractivity contribution < 1.29 is 48.7 Å². The van der Waals surface area contributed by atoms with E-state index in [1.165, 1.54) is 20.8 Å². The SMILES string of the molecule is CC(=O)O[C@H]1C[C@H]2[C@@H]([C@@H]3C[C@@H]3[C@@]3(O)C[C@@H]4C[C@@H]4[C@H](OC(C)=O)[C@]23C)[C@@H]2CC3C(C(C(=O)O)[C@H]4CC3(C)C(C)(O)C(=O)O4)[C@@]12C. The molecule has 8 fully saturated rings. The Morgan fingerprint density at radius 2 is 1.52 bits per heavy atom. The number of carboxylic acids is 1. The van der Waals surface area contributed by atoms with E-state index in [1.54, 1.807) is 0 Å². The molecule has 1 heterocycles. The van der Waals surface area contributed by atoms with E-state index >= 15 is 0 Å². The minimum atomic E-state index is -1.80. The minimum absolute atomic E-state index is 0.0589. The Bertz CT molecular complexity index is 1380. The fourth-order valence-corrected chi connectivity index (χ4v) is 13.5. The van der Waals surface area contributed by atoms with E-state index < -0.39 is 75.5 Å². The first-order valence-corrected chi connectivity index (χ1v) is 16.7. The van der Waals surface area contributed by atoms with Gasteiger partial charge in [-0.1, -0.05) is 20.8 Å². The molecule has 0 amide bonds. The van der Waals surface area contributed by atoms with Gasteiger partial charge in [-0.15, -0.1) is 0 Å². The molecule has 5 unspecified atom stereocenters. The van der Waals surface area contributed by atoms with E-state index in [0.717, 1.165) is 12.8 Å². The molecule has 0 aromatic heterocycles. The highest BCUT2D eigenvalue weighted by atomic mass is 16.6. The van der Waals surface area contributed by atoms with E-state index in [-0.39, 0.29) is 53.8 Å². The lowest BCUT2D eigenvalue weighted by Crippen LogP contribution is -2.71. The van der Waals surface area contributed by atoms with Crippen LogP contribution in [0.25, 0.3) is 0 Å². The number of carboxylic acid groups (broad SMARTS) is 1. The van der Waals surface area contributed by atoms with Gasteiger partial charge in [0.05, 0.1) is 11.5 Å². The molecule has 0 radical (unpaired) electrons. The van der Waals surface area contributed by atoms with Crippen LogP contribution >= 0.6 is 0 Å². The number of carbonyl (C=O) groups excluding carboxylic acids is 3. The van der Waals surface area contributed by atoms with Crippen molar-refractivity contribution >= 4 is 23.9 Å². The first-order valence-electron chi connectivity index (χ1n) is 16.7. The lowest BCUT2D eigenvalue weighted by molar-refractivity contribution is -0.274. The number of esters is 3. The van der Waals surface area contributed by atoms with Crippen molar-refractivity contribution in [3.63, 3.8) is 0 Å². The Morgan fingerprint density at radius 3 is 2.16 bits per heavy atom. The quantitative estimate of drug-likeness (QED) is 0.319. The Labute approximate surface area is 257 Å². The number of aliphatic carboxylic acids is 1. The van der Waals surface area contributed by atoms with E-state index in [4.69, 9.17) is 14.2 Å². The molecule has 44 heavy (non-hydrogen) atoms. The molecular weight excluding hydrogens is 568 g/mol. The van der Waals surface area contributed by atoms with Gasteiger partial charge in [0.25, 0.3) is 0 Å². The Morgan fingerprint density at radius 1 is 0.841 bits per heavy atom. The lowest BCUT2D eigenvalue weighted by atomic mass is 9.41. The topological polar surface area (TPSA) is 157 Å². The van der Waals surface area contributed by atoms with Gasteiger partial charge in [-0.2, -0.15) is 0 Å². The van der Waals surface area contributed by atoms with E-state index in [1.807, 2.05) is 6.92 Å². The van der Waals surface area contributed by atoms with Gasteiger partial charge in [0.1, 0.15) is 18.3 Å². The highest BCUT2D eigenvalue weighted by molar-refractivity contribution is 5.83. The molecule has 18 atom stereocenters. The molecule has 10 nitrogen and oxygen atoms in total. The van der Waals surface area contributed by atoms with Gasteiger partial charge in [0, 0.05) is 30.1 Å². The monoisotopic (exact) mass is 614 g/mol. The predicted octanol–water partition coefficient (Wildman–Crippen LogP) is 2.96. The van der Waals surface area contributed by atoms with Crippen LogP contribution in [0.1, 0.15) is 80.1 Å². The van der Waals surface area contributed by atoms with Gasteiger partial charge in [-0.3, -0.25) is 14.4 Å². The van der Waals surface area contributed by atoms with Crippen molar-refractivity contribution in [3.05, 3.63) is 0 Å². The Balaban J connectivity index is 1.30. The number of hydrogen-bond acceptors (Lipinski definition) is 9. The summed E-state index contributed by atoms with van der Waals surface area (Å²) in [4.78, 5) is 51.6. The van der Waals surface area contributed by atoms with Gasteiger partial charge in [-0.05, 0) is 98.7 Å². The Hall–Kier alpha value is -2.20. The third kappa shape index (κ3) is 3.16. The highest BCUT2D eigenvalue weighted by Crippen LogP contribution is 2.81. The average Bonchev–Trinajstić information content (AvgIpc) is 3.82. The van der Waals surface area contributed by atoms with Crippen molar-refractivity contribution in [2.24, 2.45) is 75.4 Å². The molecular formula is C34H46O10. The Kier molecular flexibility index (Phi) is 5.57. The molecule has 1 aliphatic heterocycles. The maximum absolute atomic E-state index is 13.2. The van der Waals surface area contributed by atoms with Crippen molar-refractivity contribution in [1.29, 1.82) is 0 Å². The third-order valence-electron chi connectivity index (χ3n) is 15.6. The molecule has 8 aliphatic rings. The fourth-order valence-electron chi connectivity index (χ4n) is 13.5. The molecule has 1 saturated heterocycles. The largest absolute Gasteiger partial charge is 0.481 e. The zero-order valence-corrected chi connectivity index (χ0v) is 26.4. The highest BCUT2D eigenvalue weighted by Gasteiger charge is 2.83. The number of carbonyl (C=O) groups is 4. The summed E-state index contributed by atoms with van der Waals surface area (Å²) in [5.41, 5.74) is -5.28. The summed E-state index contributed by atoms with van der Waals surface area (Å²) < 4.78 is 18.1. The van der Waals surface area contributed by atoms with Gasteiger partial charge in [0.15, 0.2) is 5.60 Å². The summed E-state index contributed by atoms with van der Waals surface area (Å²) in [6, 6.07) is 0. The molecule has 0 aromatic carbocycles.